The molecular weight excluding hydrogens is 266 g/mol. The number of nitrogens with one attached hydrogen (secondary N) is 1. The van der Waals surface area contributed by atoms with E-state index < -0.39 is 12.2 Å². The van der Waals surface area contributed by atoms with Crippen molar-refractivity contribution in [3.63, 3.8) is 0 Å². The molecule has 3 N–H and O–H groups in total. The largest absolute Gasteiger partial charge is 0.393 e. The number of carbonyl (C=O) groups excluding carboxylic acids is 1. The van der Waals surface area contributed by atoms with Crippen LogP contribution in [0.2, 0.25) is 0 Å². The molecule has 116 valence electrons. The van der Waals surface area contributed by atoms with Crippen LogP contribution in [-0.4, -0.2) is 34.9 Å². The van der Waals surface area contributed by atoms with Gasteiger partial charge in [0.2, 0.25) is 5.91 Å². The second-order valence-electron chi connectivity index (χ2n) is 6.04. The molecule has 4 atom stereocenters. The van der Waals surface area contributed by atoms with Gasteiger partial charge in [-0.3, -0.25) is 4.79 Å². The van der Waals surface area contributed by atoms with E-state index in [0.29, 0.717) is 19.4 Å². The highest BCUT2D eigenvalue weighted by atomic mass is 16.3. The van der Waals surface area contributed by atoms with E-state index in [0.717, 1.165) is 18.4 Å². The molecule has 0 spiro atoms. The highest BCUT2D eigenvalue weighted by Gasteiger charge is 2.31. The molecule has 1 fully saturated rings. The van der Waals surface area contributed by atoms with E-state index in [2.05, 4.69) is 5.32 Å². The summed E-state index contributed by atoms with van der Waals surface area (Å²) in [6.45, 7) is 2.26. The Labute approximate surface area is 126 Å². The van der Waals surface area contributed by atoms with Gasteiger partial charge in [0.25, 0.3) is 0 Å². The van der Waals surface area contributed by atoms with Crippen molar-refractivity contribution in [1.82, 2.24) is 5.32 Å². The van der Waals surface area contributed by atoms with Gasteiger partial charge in [0.1, 0.15) is 0 Å². The molecule has 0 aromatic heterocycles. The Hall–Kier alpha value is -1.39. The van der Waals surface area contributed by atoms with Crippen LogP contribution in [0.5, 0.6) is 0 Å². The first-order chi connectivity index (χ1) is 10.1. The summed E-state index contributed by atoms with van der Waals surface area (Å²) in [5.41, 5.74) is 1.12. The van der Waals surface area contributed by atoms with Gasteiger partial charge in [-0.1, -0.05) is 30.3 Å². The maximum atomic E-state index is 12.1. The van der Waals surface area contributed by atoms with Gasteiger partial charge < -0.3 is 15.5 Å². The van der Waals surface area contributed by atoms with Gasteiger partial charge in [0.05, 0.1) is 18.1 Å². The SMILES string of the molecule is CC(O)CC(CNC(=O)C1CCCC1O)c1ccccc1. The van der Waals surface area contributed by atoms with E-state index in [-0.39, 0.29) is 17.7 Å². The number of aliphatic hydroxyl groups excluding tert-OH is 2. The fraction of sp³-hybridized carbons (Fsp3) is 0.588. The molecule has 1 aliphatic rings. The van der Waals surface area contributed by atoms with Crippen molar-refractivity contribution in [2.45, 2.75) is 50.7 Å². The maximum Gasteiger partial charge on any atom is 0.225 e. The predicted octanol–water partition coefficient (Wildman–Crippen LogP) is 1.82. The number of carbonyl (C=O) groups is 1. The number of aliphatic hydroxyl groups is 2. The Bertz CT molecular complexity index is 447. The summed E-state index contributed by atoms with van der Waals surface area (Å²) in [6.07, 6.45) is 2.08. The second-order valence-corrected chi connectivity index (χ2v) is 6.04. The molecule has 4 unspecified atom stereocenters. The van der Waals surface area contributed by atoms with Crippen molar-refractivity contribution in [2.75, 3.05) is 6.54 Å². The zero-order chi connectivity index (χ0) is 15.2. The van der Waals surface area contributed by atoms with Crippen molar-refractivity contribution < 1.29 is 15.0 Å². The third-order valence-corrected chi connectivity index (χ3v) is 4.24. The molecule has 0 radical (unpaired) electrons. The minimum absolute atomic E-state index is 0.0634. The minimum atomic E-state index is -0.503. The number of benzene rings is 1. The standard InChI is InChI=1S/C17H25NO3/c1-12(19)10-14(13-6-3-2-4-7-13)11-18-17(21)15-8-5-9-16(15)20/h2-4,6-7,12,14-16,19-20H,5,8-11H2,1H3,(H,18,21). The number of rotatable bonds is 6. The van der Waals surface area contributed by atoms with E-state index >= 15 is 0 Å². The average molecular weight is 291 g/mol. The van der Waals surface area contributed by atoms with Crippen LogP contribution in [0.3, 0.4) is 0 Å². The van der Waals surface area contributed by atoms with Gasteiger partial charge in [-0.2, -0.15) is 0 Å². The Morgan fingerprint density at radius 1 is 1.33 bits per heavy atom. The average Bonchev–Trinajstić information content (AvgIpc) is 2.90. The highest BCUT2D eigenvalue weighted by molar-refractivity contribution is 5.79. The predicted molar refractivity (Wildman–Crippen MR) is 81.8 cm³/mol. The fourth-order valence-electron chi connectivity index (χ4n) is 3.08. The van der Waals surface area contributed by atoms with Gasteiger partial charge in [0.15, 0.2) is 0 Å². The molecule has 1 aliphatic carbocycles. The molecule has 0 heterocycles. The Balaban J connectivity index is 1.94. The lowest BCUT2D eigenvalue weighted by atomic mass is 9.93. The Morgan fingerprint density at radius 3 is 2.62 bits per heavy atom. The monoisotopic (exact) mass is 291 g/mol. The first kappa shape index (κ1) is 16.0. The first-order valence-electron chi connectivity index (χ1n) is 7.76. The van der Waals surface area contributed by atoms with Crippen LogP contribution >= 0.6 is 0 Å². The molecule has 4 heteroatoms. The van der Waals surface area contributed by atoms with Crippen LogP contribution in [0.25, 0.3) is 0 Å². The fourth-order valence-corrected chi connectivity index (χ4v) is 3.08. The van der Waals surface area contributed by atoms with Crippen LogP contribution in [0.4, 0.5) is 0 Å². The summed E-state index contributed by atoms with van der Waals surface area (Å²) in [6, 6.07) is 9.92. The quantitative estimate of drug-likeness (QED) is 0.749. The molecule has 1 amide bonds. The van der Waals surface area contributed by atoms with Gasteiger partial charge in [-0.25, -0.2) is 0 Å². The van der Waals surface area contributed by atoms with Crippen LogP contribution in [0.1, 0.15) is 44.1 Å². The van der Waals surface area contributed by atoms with E-state index in [9.17, 15) is 15.0 Å². The van der Waals surface area contributed by atoms with Crippen LogP contribution in [-0.2, 0) is 4.79 Å². The molecule has 1 saturated carbocycles. The zero-order valence-corrected chi connectivity index (χ0v) is 12.5. The maximum absolute atomic E-state index is 12.1. The third-order valence-electron chi connectivity index (χ3n) is 4.24. The van der Waals surface area contributed by atoms with Gasteiger partial charge in [-0.15, -0.1) is 0 Å². The van der Waals surface area contributed by atoms with Gasteiger partial charge in [-0.05, 0) is 38.2 Å². The van der Waals surface area contributed by atoms with Crippen LogP contribution in [0, 0.1) is 5.92 Å². The number of hydrogen-bond donors (Lipinski definition) is 3. The zero-order valence-electron chi connectivity index (χ0n) is 12.5. The molecule has 1 aromatic carbocycles. The van der Waals surface area contributed by atoms with Crippen molar-refractivity contribution in [3.8, 4) is 0 Å². The summed E-state index contributed by atoms with van der Waals surface area (Å²) in [5, 5.41) is 22.4. The van der Waals surface area contributed by atoms with Crippen molar-refractivity contribution in [3.05, 3.63) is 35.9 Å². The van der Waals surface area contributed by atoms with Crippen molar-refractivity contribution in [2.24, 2.45) is 5.92 Å². The van der Waals surface area contributed by atoms with Gasteiger partial charge >= 0.3 is 0 Å². The second kappa shape index (κ2) is 7.57. The molecular formula is C17H25NO3. The number of amides is 1. The summed E-state index contributed by atoms with van der Waals surface area (Å²) < 4.78 is 0. The first-order valence-corrected chi connectivity index (χ1v) is 7.76. The van der Waals surface area contributed by atoms with Gasteiger partial charge in [0, 0.05) is 12.5 Å². The smallest absolute Gasteiger partial charge is 0.225 e. The lowest BCUT2D eigenvalue weighted by Gasteiger charge is -2.21. The number of hydrogen-bond acceptors (Lipinski definition) is 3. The van der Waals surface area contributed by atoms with Crippen molar-refractivity contribution >= 4 is 5.91 Å². The van der Waals surface area contributed by atoms with E-state index in [1.165, 1.54) is 0 Å². The van der Waals surface area contributed by atoms with Crippen molar-refractivity contribution in [1.29, 1.82) is 0 Å². The van der Waals surface area contributed by atoms with E-state index in [1.54, 1.807) is 6.92 Å². The molecule has 0 aliphatic heterocycles. The summed E-state index contributed by atoms with van der Waals surface area (Å²) in [5.74, 6) is -0.242. The van der Waals surface area contributed by atoms with Crippen LogP contribution < -0.4 is 5.32 Å². The summed E-state index contributed by atoms with van der Waals surface area (Å²) in [4.78, 5) is 12.1. The summed E-state index contributed by atoms with van der Waals surface area (Å²) >= 11 is 0. The molecule has 4 nitrogen and oxygen atoms in total. The van der Waals surface area contributed by atoms with E-state index in [4.69, 9.17) is 0 Å². The molecule has 21 heavy (non-hydrogen) atoms. The molecule has 1 aromatic rings. The highest BCUT2D eigenvalue weighted by Crippen LogP contribution is 2.26. The normalized spacial score (nSPS) is 24.5. The topological polar surface area (TPSA) is 69.6 Å². The molecule has 0 saturated heterocycles. The Morgan fingerprint density at radius 2 is 2.05 bits per heavy atom. The third kappa shape index (κ3) is 4.55. The lowest BCUT2D eigenvalue weighted by molar-refractivity contribution is -0.127. The van der Waals surface area contributed by atoms with Crippen LogP contribution in [0.15, 0.2) is 30.3 Å². The molecule has 2 rings (SSSR count). The summed E-state index contributed by atoms with van der Waals surface area (Å²) in [7, 11) is 0. The lowest BCUT2D eigenvalue weighted by Crippen LogP contribution is -2.37. The minimum Gasteiger partial charge on any atom is -0.393 e. The molecule has 0 bridgehead atoms. The van der Waals surface area contributed by atoms with E-state index in [1.807, 2.05) is 30.3 Å². The Kier molecular flexibility index (Phi) is 5.76.